The molecule has 0 aliphatic heterocycles. The van der Waals surface area contributed by atoms with Crippen molar-refractivity contribution in [2.45, 2.75) is 32.6 Å². The van der Waals surface area contributed by atoms with Crippen LogP contribution in [0.4, 0.5) is 0 Å². The Hall–Kier alpha value is -2.62. The van der Waals surface area contributed by atoms with Gasteiger partial charge in [0.25, 0.3) is 0 Å². The molecule has 0 aliphatic rings. The Labute approximate surface area is 155 Å². The topological polar surface area (TPSA) is 52.6 Å². The number of esters is 2. The normalized spacial score (nSPS) is 11.8. The number of ether oxygens (including phenoxy) is 2. The number of carbonyl (C=O) groups is 2. The number of carbonyl (C=O) groups excluding carboxylic acids is 2. The van der Waals surface area contributed by atoms with Crippen LogP contribution < -0.4 is 0 Å². The van der Waals surface area contributed by atoms with Crippen molar-refractivity contribution in [2.24, 2.45) is 5.92 Å². The first-order valence-electron chi connectivity index (χ1n) is 9.07. The molecule has 0 heterocycles. The van der Waals surface area contributed by atoms with Crippen molar-refractivity contribution in [1.29, 1.82) is 0 Å². The van der Waals surface area contributed by atoms with Crippen molar-refractivity contribution in [2.75, 3.05) is 13.2 Å². The average Bonchev–Trinajstić information content (AvgIpc) is 2.67. The predicted molar refractivity (Wildman–Crippen MR) is 101 cm³/mol. The Morgan fingerprint density at radius 1 is 0.808 bits per heavy atom. The minimum absolute atomic E-state index is 0.0115. The van der Waals surface area contributed by atoms with Crippen LogP contribution in [0.2, 0.25) is 0 Å². The fourth-order valence-electron chi connectivity index (χ4n) is 3.02. The number of hydrogen-bond donors (Lipinski definition) is 0. The largest absolute Gasteiger partial charge is 0.465 e. The first-order chi connectivity index (χ1) is 12.7. The molecule has 0 aliphatic carbocycles. The monoisotopic (exact) mass is 354 g/mol. The van der Waals surface area contributed by atoms with E-state index in [9.17, 15) is 9.59 Å². The van der Waals surface area contributed by atoms with Crippen LogP contribution in [-0.2, 0) is 25.5 Å². The van der Waals surface area contributed by atoms with E-state index in [1.54, 1.807) is 13.8 Å². The summed E-state index contributed by atoms with van der Waals surface area (Å²) in [5.41, 5.74) is 2.25. The molecular weight excluding hydrogens is 328 g/mol. The van der Waals surface area contributed by atoms with Gasteiger partial charge in [0.1, 0.15) is 0 Å². The fraction of sp³-hybridized carbons (Fsp3) is 0.364. The quantitative estimate of drug-likeness (QED) is 0.501. The van der Waals surface area contributed by atoms with Crippen LogP contribution in [0.3, 0.4) is 0 Å². The van der Waals surface area contributed by atoms with Gasteiger partial charge in [0.2, 0.25) is 0 Å². The zero-order valence-electron chi connectivity index (χ0n) is 15.4. The molecule has 2 aromatic rings. The molecule has 0 saturated heterocycles. The smallest absolute Gasteiger partial charge is 0.320 e. The molecule has 1 unspecified atom stereocenters. The highest BCUT2D eigenvalue weighted by Gasteiger charge is 2.32. The molecule has 0 N–H and O–H groups in total. The van der Waals surface area contributed by atoms with Crippen LogP contribution in [0.1, 0.15) is 37.3 Å². The molecule has 2 aromatic carbocycles. The summed E-state index contributed by atoms with van der Waals surface area (Å²) in [5.74, 6) is -1.93. The molecule has 0 amide bonds. The first-order valence-corrected chi connectivity index (χ1v) is 9.07. The van der Waals surface area contributed by atoms with Crippen LogP contribution in [0, 0.1) is 5.92 Å². The van der Waals surface area contributed by atoms with Crippen molar-refractivity contribution >= 4 is 11.9 Å². The summed E-state index contributed by atoms with van der Waals surface area (Å²) in [4.78, 5) is 24.7. The third kappa shape index (κ3) is 5.73. The van der Waals surface area contributed by atoms with Gasteiger partial charge in [-0.1, -0.05) is 60.7 Å². The van der Waals surface area contributed by atoms with Crippen molar-refractivity contribution < 1.29 is 19.1 Å². The zero-order valence-corrected chi connectivity index (χ0v) is 15.4. The van der Waals surface area contributed by atoms with Crippen LogP contribution in [0.25, 0.3) is 0 Å². The minimum Gasteiger partial charge on any atom is -0.465 e. The molecule has 1 atom stereocenters. The second-order valence-electron chi connectivity index (χ2n) is 6.09. The molecule has 4 heteroatoms. The highest BCUT2D eigenvalue weighted by Crippen LogP contribution is 2.29. The summed E-state index contributed by atoms with van der Waals surface area (Å²) in [6, 6.07) is 20.0. The molecule has 0 spiro atoms. The van der Waals surface area contributed by atoms with E-state index >= 15 is 0 Å². The van der Waals surface area contributed by atoms with E-state index in [4.69, 9.17) is 9.47 Å². The van der Waals surface area contributed by atoms with Crippen molar-refractivity contribution in [1.82, 2.24) is 0 Å². The van der Waals surface area contributed by atoms with Gasteiger partial charge in [-0.3, -0.25) is 9.59 Å². The number of rotatable bonds is 9. The van der Waals surface area contributed by atoms with Crippen LogP contribution in [0.5, 0.6) is 0 Å². The SMILES string of the molecule is CCOC(=O)C(CC(Cc1ccccc1)c1ccccc1)C(=O)OCC. The van der Waals surface area contributed by atoms with E-state index in [1.807, 2.05) is 48.5 Å². The zero-order chi connectivity index (χ0) is 18.8. The van der Waals surface area contributed by atoms with Gasteiger partial charge in [-0.2, -0.15) is 0 Å². The summed E-state index contributed by atoms with van der Waals surface area (Å²) in [6.45, 7) is 3.95. The third-order valence-corrected chi connectivity index (χ3v) is 4.26. The van der Waals surface area contributed by atoms with E-state index in [-0.39, 0.29) is 19.1 Å². The first kappa shape index (κ1) is 19.7. The van der Waals surface area contributed by atoms with Gasteiger partial charge < -0.3 is 9.47 Å². The van der Waals surface area contributed by atoms with Crippen molar-refractivity contribution in [3.63, 3.8) is 0 Å². The average molecular weight is 354 g/mol. The van der Waals surface area contributed by atoms with E-state index in [0.29, 0.717) is 6.42 Å². The van der Waals surface area contributed by atoms with Crippen molar-refractivity contribution in [3.8, 4) is 0 Å². The standard InChI is InChI=1S/C22H26O4/c1-3-25-21(23)20(22(24)26-4-2)16-19(18-13-9-6-10-14-18)15-17-11-7-5-8-12-17/h5-14,19-20H,3-4,15-16H2,1-2H3. The molecule has 0 bridgehead atoms. The van der Waals surface area contributed by atoms with E-state index < -0.39 is 17.9 Å². The Kier molecular flexibility index (Phi) is 7.87. The summed E-state index contributed by atoms with van der Waals surface area (Å²) in [6.07, 6.45) is 1.09. The van der Waals surface area contributed by atoms with Crippen LogP contribution in [0.15, 0.2) is 60.7 Å². The predicted octanol–water partition coefficient (Wildman–Crippen LogP) is 4.15. The van der Waals surface area contributed by atoms with Gasteiger partial charge in [0, 0.05) is 0 Å². The molecule has 2 rings (SSSR count). The van der Waals surface area contributed by atoms with E-state index in [1.165, 1.54) is 0 Å². The van der Waals surface area contributed by atoms with Crippen LogP contribution >= 0.6 is 0 Å². The summed E-state index contributed by atoms with van der Waals surface area (Å²) < 4.78 is 10.2. The molecule has 26 heavy (non-hydrogen) atoms. The Morgan fingerprint density at radius 3 is 1.81 bits per heavy atom. The summed E-state index contributed by atoms with van der Waals surface area (Å²) in [7, 11) is 0. The van der Waals surface area contributed by atoms with Gasteiger partial charge in [-0.25, -0.2) is 0 Å². The lowest BCUT2D eigenvalue weighted by molar-refractivity contribution is -0.162. The fourth-order valence-corrected chi connectivity index (χ4v) is 3.02. The Bertz CT molecular complexity index is 664. The lowest BCUT2D eigenvalue weighted by atomic mass is 9.84. The molecule has 0 saturated carbocycles. The maximum Gasteiger partial charge on any atom is 0.320 e. The van der Waals surface area contributed by atoms with Gasteiger partial charge >= 0.3 is 11.9 Å². The van der Waals surface area contributed by atoms with Gasteiger partial charge in [-0.05, 0) is 43.7 Å². The molecule has 138 valence electrons. The van der Waals surface area contributed by atoms with Crippen LogP contribution in [-0.4, -0.2) is 25.2 Å². The number of hydrogen-bond acceptors (Lipinski definition) is 4. The summed E-state index contributed by atoms with van der Waals surface area (Å²) >= 11 is 0. The Morgan fingerprint density at radius 2 is 1.31 bits per heavy atom. The maximum atomic E-state index is 12.4. The Balaban J connectivity index is 2.27. The van der Waals surface area contributed by atoms with Gasteiger partial charge in [-0.15, -0.1) is 0 Å². The lowest BCUT2D eigenvalue weighted by Gasteiger charge is -2.22. The molecular formula is C22H26O4. The molecule has 0 aromatic heterocycles. The number of benzene rings is 2. The van der Waals surface area contributed by atoms with Gasteiger partial charge in [0.05, 0.1) is 13.2 Å². The van der Waals surface area contributed by atoms with E-state index in [0.717, 1.165) is 17.5 Å². The second kappa shape index (κ2) is 10.4. The highest BCUT2D eigenvalue weighted by molar-refractivity contribution is 5.95. The second-order valence-corrected chi connectivity index (χ2v) is 6.09. The molecule has 0 radical (unpaired) electrons. The minimum atomic E-state index is -0.913. The molecule has 4 nitrogen and oxygen atoms in total. The molecule has 0 fully saturated rings. The highest BCUT2D eigenvalue weighted by atomic mass is 16.6. The summed E-state index contributed by atoms with van der Waals surface area (Å²) in [5, 5.41) is 0. The third-order valence-electron chi connectivity index (χ3n) is 4.26. The van der Waals surface area contributed by atoms with E-state index in [2.05, 4.69) is 12.1 Å². The maximum absolute atomic E-state index is 12.4. The lowest BCUT2D eigenvalue weighted by Crippen LogP contribution is -2.30. The van der Waals surface area contributed by atoms with Gasteiger partial charge in [0.15, 0.2) is 5.92 Å². The van der Waals surface area contributed by atoms with Crippen molar-refractivity contribution in [3.05, 3.63) is 71.8 Å².